The summed E-state index contributed by atoms with van der Waals surface area (Å²) >= 11 is 5.89. The highest BCUT2D eigenvalue weighted by molar-refractivity contribution is 7.92. The minimum Gasteiger partial charge on any atom is -0.480 e. The molecule has 5 rings (SSSR count). The van der Waals surface area contributed by atoms with E-state index in [1.165, 1.54) is 30.1 Å². The Hall–Kier alpha value is -3.99. The Kier molecular flexibility index (Phi) is 8.70. The number of anilines is 1. The van der Waals surface area contributed by atoms with Crippen LogP contribution in [0.3, 0.4) is 0 Å². The second kappa shape index (κ2) is 12.2. The van der Waals surface area contributed by atoms with E-state index in [1.54, 1.807) is 10.8 Å². The first kappa shape index (κ1) is 31.4. The molecule has 0 spiro atoms. The molecule has 0 fully saturated rings. The number of pyridine rings is 2. The van der Waals surface area contributed by atoms with Crippen LogP contribution in [0.1, 0.15) is 0 Å². The average Bonchev–Trinajstić information content (AvgIpc) is 3.60. The first-order chi connectivity index (χ1) is 20.8. The molecule has 5 aromatic rings. The van der Waals surface area contributed by atoms with Crippen molar-refractivity contribution in [3.63, 3.8) is 0 Å². The molecule has 1 aromatic carbocycles. The summed E-state index contributed by atoms with van der Waals surface area (Å²) in [6.07, 6.45) is 5.73. The summed E-state index contributed by atoms with van der Waals surface area (Å²) in [5.41, 5.74) is -2.30. The van der Waals surface area contributed by atoms with E-state index >= 15 is 13.2 Å². The predicted octanol–water partition coefficient (Wildman–Crippen LogP) is 5.85. The number of ether oxygens (including phenoxy) is 2. The molecule has 232 valence electrons. The van der Waals surface area contributed by atoms with Gasteiger partial charge in [-0.25, -0.2) is 31.6 Å². The van der Waals surface area contributed by atoms with Crippen molar-refractivity contribution in [3.8, 4) is 28.7 Å². The highest BCUT2D eigenvalue weighted by Crippen LogP contribution is 2.35. The van der Waals surface area contributed by atoms with E-state index in [9.17, 15) is 8.42 Å². The van der Waals surface area contributed by atoms with Gasteiger partial charge in [0.2, 0.25) is 11.7 Å². The normalized spacial score (nSPS) is 12.2. The van der Waals surface area contributed by atoms with Gasteiger partial charge in [-0.2, -0.15) is 0 Å². The standard InChI is InChI=1S/C27H27ClF3N7O4SSi/c1-41-27-20(13-16(28)14-33-27)43(39,40)36-19-6-5-18(29)21(23(19)31)17-7-9-38-24(22(17)30)34-35-26(38)25-32-8-10-37(25)15-42-11-12-44(2,3)4/h5-10,13-14,36H,11-12,15H2,1-4H3. The van der Waals surface area contributed by atoms with E-state index in [-0.39, 0.29) is 29.1 Å². The molecule has 11 nitrogen and oxygen atoms in total. The predicted molar refractivity (Wildman–Crippen MR) is 160 cm³/mol. The molecule has 0 aliphatic carbocycles. The van der Waals surface area contributed by atoms with E-state index in [0.717, 1.165) is 30.3 Å². The maximum atomic E-state index is 15.8. The summed E-state index contributed by atoms with van der Waals surface area (Å²) in [4.78, 5) is 7.61. The summed E-state index contributed by atoms with van der Waals surface area (Å²) in [7, 11) is -4.62. The number of hydrogen-bond acceptors (Lipinski definition) is 8. The number of rotatable bonds is 11. The Morgan fingerprint density at radius 2 is 1.80 bits per heavy atom. The molecule has 4 heterocycles. The largest absolute Gasteiger partial charge is 0.480 e. The highest BCUT2D eigenvalue weighted by Gasteiger charge is 2.27. The van der Waals surface area contributed by atoms with Crippen LogP contribution in [0.5, 0.6) is 5.88 Å². The molecule has 0 radical (unpaired) electrons. The van der Waals surface area contributed by atoms with E-state index in [2.05, 4.69) is 39.8 Å². The van der Waals surface area contributed by atoms with Gasteiger partial charge in [0.1, 0.15) is 12.5 Å². The van der Waals surface area contributed by atoms with Crippen LogP contribution < -0.4 is 9.46 Å². The molecule has 0 bridgehead atoms. The first-order valence-electron chi connectivity index (χ1n) is 13.1. The number of hydrogen-bond donors (Lipinski definition) is 1. The Morgan fingerprint density at radius 3 is 2.52 bits per heavy atom. The number of benzene rings is 1. The van der Waals surface area contributed by atoms with Crippen LogP contribution in [-0.4, -0.2) is 59.3 Å². The summed E-state index contributed by atoms with van der Waals surface area (Å²) in [6.45, 7) is 7.49. The maximum absolute atomic E-state index is 15.8. The Labute approximate surface area is 256 Å². The van der Waals surface area contributed by atoms with Crippen molar-refractivity contribution in [3.05, 3.63) is 71.5 Å². The zero-order valence-corrected chi connectivity index (χ0v) is 26.5. The van der Waals surface area contributed by atoms with Crippen LogP contribution in [0.25, 0.3) is 28.4 Å². The molecule has 0 saturated carbocycles. The summed E-state index contributed by atoms with van der Waals surface area (Å²) < 4.78 is 88.5. The van der Waals surface area contributed by atoms with E-state index in [0.29, 0.717) is 12.4 Å². The number of aromatic nitrogens is 6. The zero-order chi connectivity index (χ0) is 31.8. The molecule has 0 saturated heterocycles. The molecule has 1 N–H and O–H groups in total. The molecular weight excluding hydrogens is 639 g/mol. The molecule has 0 aliphatic heterocycles. The highest BCUT2D eigenvalue weighted by atomic mass is 35.5. The molecule has 0 amide bonds. The van der Waals surface area contributed by atoms with Crippen LogP contribution in [0.4, 0.5) is 18.9 Å². The van der Waals surface area contributed by atoms with Gasteiger partial charge in [-0.1, -0.05) is 31.2 Å². The fourth-order valence-corrected chi connectivity index (χ4v) is 6.45. The monoisotopic (exact) mass is 665 g/mol. The van der Waals surface area contributed by atoms with Crippen molar-refractivity contribution in [2.75, 3.05) is 18.4 Å². The number of nitrogens with one attached hydrogen (secondary N) is 1. The minimum absolute atomic E-state index is 0.0217. The van der Waals surface area contributed by atoms with E-state index in [1.807, 2.05) is 4.72 Å². The van der Waals surface area contributed by atoms with Crippen LogP contribution in [-0.2, 0) is 21.5 Å². The average molecular weight is 666 g/mol. The van der Waals surface area contributed by atoms with Gasteiger partial charge in [0.15, 0.2) is 28.0 Å². The minimum atomic E-state index is -4.52. The van der Waals surface area contributed by atoms with Gasteiger partial charge >= 0.3 is 0 Å². The second-order valence-corrected chi connectivity index (χ2v) is 18.6. The molecule has 17 heteroatoms. The van der Waals surface area contributed by atoms with E-state index < -0.39 is 57.3 Å². The number of halogens is 4. The SMILES string of the molecule is COc1ncc(Cl)cc1S(=O)(=O)Nc1ccc(F)c(-c2ccn3c(-c4nccn4COCC[Si](C)(C)C)nnc3c2F)c1F. The number of sulfonamides is 1. The van der Waals surface area contributed by atoms with Crippen LogP contribution in [0.2, 0.25) is 30.7 Å². The fraction of sp³-hybridized carbons (Fsp3) is 0.259. The number of nitrogens with zero attached hydrogens (tertiary/aromatic N) is 6. The Balaban J connectivity index is 1.48. The van der Waals surface area contributed by atoms with Crippen molar-refractivity contribution >= 4 is 41.0 Å². The third-order valence-electron chi connectivity index (χ3n) is 6.53. The molecule has 0 atom stereocenters. The maximum Gasteiger partial charge on any atom is 0.267 e. The van der Waals surface area contributed by atoms with Gasteiger partial charge in [-0.3, -0.25) is 9.12 Å². The smallest absolute Gasteiger partial charge is 0.267 e. The Bertz CT molecular complexity index is 1970. The lowest BCUT2D eigenvalue weighted by atomic mass is 10.0. The molecule has 4 aromatic heterocycles. The van der Waals surface area contributed by atoms with Gasteiger partial charge in [0.05, 0.1) is 23.4 Å². The van der Waals surface area contributed by atoms with Crippen LogP contribution in [0.15, 0.2) is 53.9 Å². The van der Waals surface area contributed by atoms with Crippen LogP contribution in [0, 0.1) is 17.5 Å². The Morgan fingerprint density at radius 1 is 1.02 bits per heavy atom. The number of methoxy groups -OCH3 is 1. The van der Waals surface area contributed by atoms with Crippen molar-refractivity contribution in [2.24, 2.45) is 0 Å². The van der Waals surface area contributed by atoms with Crippen molar-refractivity contribution in [1.29, 1.82) is 0 Å². The van der Waals surface area contributed by atoms with Crippen LogP contribution >= 0.6 is 11.6 Å². The summed E-state index contributed by atoms with van der Waals surface area (Å²) in [5, 5.41) is 7.94. The lowest BCUT2D eigenvalue weighted by Crippen LogP contribution is -2.22. The molecule has 0 unspecified atom stereocenters. The van der Waals surface area contributed by atoms with Gasteiger partial charge in [-0.05, 0) is 30.3 Å². The summed E-state index contributed by atoms with van der Waals surface area (Å²) in [5.74, 6) is -3.37. The van der Waals surface area contributed by atoms with Crippen molar-refractivity contribution in [2.45, 2.75) is 37.3 Å². The quantitative estimate of drug-likeness (QED) is 0.138. The molecule has 0 aliphatic rings. The number of imidazole rings is 1. The van der Waals surface area contributed by atoms with Gasteiger partial charge in [0.25, 0.3) is 10.0 Å². The molecular formula is C27H27ClF3N7O4SSi. The summed E-state index contributed by atoms with van der Waals surface area (Å²) in [6, 6.07) is 4.84. The van der Waals surface area contributed by atoms with E-state index in [4.69, 9.17) is 21.1 Å². The van der Waals surface area contributed by atoms with Gasteiger partial charge in [-0.15, -0.1) is 10.2 Å². The van der Waals surface area contributed by atoms with Crippen molar-refractivity contribution in [1.82, 2.24) is 29.1 Å². The van der Waals surface area contributed by atoms with Gasteiger partial charge < -0.3 is 14.0 Å². The lowest BCUT2D eigenvalue weighted by molar-refractivity contribution is 0.0881. The van der Waals surface area contributed by atoms with Gasteiger partial charge in [0, 0.05) is 45.0 Å². The third kappa shape index (κ3) is 6.28. The second-order valence-electron chi connectivity index (χ2n) is 10.9. The van der Waals surface area contributed by atoms with Crippen molar-refractivity contribution < 1.29 is 31.1 Å². The zero-order valence-electron chi connectivity index (χ0n) is 24.0. The third-order valence-corrected chi connectivity index (χ3v) is 9.80. The first-order valence-corrected chi connectivity index (χ1v) is 18.7. The number of fused-ring (bicyclic) bond motifs is 1. The molecule has 44 heavy (non-hydrogen) atoms. The topological polar surface area (TPSA) is 126 Å². The fourth-order valence-electron chi connectivity index (χ4n) is 4.26. The lowest BCUT2D eigenvalue weighted by Gasteiger charge is -2.16.